The van der Waals surface area contributed by atoms with Crippen molar-refractivity contribution in [3.63, 3.8) is 0 Å². The van der Waals surface area contributed by atoms with Crippen molar-refractivity contribution in [2.75, 3.05) is 0 Å². The van der Waals surface area contributed by atoms with Gasteiger partial charge in [0.25, 0.3) is 5.56 Å². The predicted molar refractivity (Wildman–Crippen MR) is 127 cm³/mol. The maximum atomic E-state index is 14.2. The summed E-state index contributed by atoms with van der Waals surface area (Å²) in [5.74, 6) is -0.189. The van der Waals surface area contributed by atoms with Gasteiger partial charge in [-0.15, -0.1) is 0 Å². The summed E-state index contributed by atoms with van der Waals surface area (Å²) in [5.41, 5.74) is 5.54. The molecule has 2 heterocycles. The minimum absolute atomic E-state index is 0.140. The minimum Gasteiger partial charge on any atom is -0.508 e. The zero-order valence-electron chi connectivity index (χ0n) is 17.5. The van der Waals surface area contributed by atoms with Gasteiger partial charge in [0.05, 0.1) is 16.3 Å². The predicted octanol–water partition coefficient (Wildman–Crippen LogP) is 4.16. The number of hydrogen-bond acceptors (Lipinski definition) is 4. The molecule has 0 spiro atoms. The van der Waals surface area contributed by atoms with E-state index in [1.165, 1.54) is 29.0 Å². The molecule has 0 amide bonds. The zero-order chi connectivity index (χ0) is 22.5. The summed E-state index contributed by atoms with van der Waals surface area (Å²) >= 11 is 1.31. The van der Waals surface area contributed by atoms with Gasteiger partial charge in [-0.2, -0.15) is 0 Å². The summed E-state index contributed by atoms with van der Waals surface area (Å²) in [4.78, 5) is 19.1. The maximum absolute atomic E-state index is 14.2. The first-order valence-corrected chi connectivity index (χ1v) is 11.6. The Labute approximate surface area is 192 Å². The van der Waals surface area contributed by atoms with E-state index in [1.54, 1.807) is 34.9 Å². The molecular weight excluding hydrogens is 435 g/mol. The van der Waals surface area contributed by atoms with Crippen LogP contribution in [0.25, 0.3) is 11.8 Å². The molecule has 6 heteroatoms. The molecule has 1 aliphatic heterocycles. The number of halogens is 1. The number of phenols is 1. The summed E-state index contributed by atoms with van der Waals surface area (Å²) in [5, 5.41) is 9.81. The topological polar surface area (TPSA) is 54.6 Å². The molecule has 0 saturated heterocycles. The molecule has 1 unspecified atom stereocenters. The Morgan fingerprint density at radius 2 is 1.88 bits per heavy atom. The van der Waals surface area contributed by atoms with Crippen molar-refractivity contribution in [1.29, 1.82) is 0 Å². The van der Waals surface area contributed by atoms with E-state index in [9.17, 15) is 14.3 Å². The molecule has 4 aromatic rings. The highest BCUT2D eigenvalue weighted by atomic mass is 32.1. The monoisotopic (exact) mass is 454 g/mol. The number of benzene rings is 3. The number of allylic oxidation sites excluding steroid dienone is 1. The highest BCUT2D eigenvalue weighted by Gasteiger charge is 2.32. The lowest BCUT2D eigenvalue weighted by molar-refractivity contribution is 0.475. The third kappa shape index (κ3) is 3.34. The highest BCUT2D eigenvalue weighted by molar-refractivity contribution is 7.07. The summed E-state index contributed by atoms with van der Waals surface area (Å²) in [7, 11) is 0. The highest BCUT2D eigenvalue weighted by Crippen LogP contribution is 2.41. The van der Waals surface area contributed by atoms with E-state index in [1.807, 2.05) is 24.3 Å². The standard InChI is InChI=1S/C27H19FN2O2S/c28-19-8-4-7-18(15-19)25-22-12-11-17-6-1-2-10-21(17)24(22)29-27-30(25)26(32)23(33-27)14-16-5-3-9-20(31)13-16/h1-10,13-15,25,31H,11-12H2/b23-14-. The van der Waals surface area contributed by atoms with Crippen LogP contribution in [0.15, 0.2) is 88.2 Å². The number of aryl methyl sites for hydroxylation is 1. The van der Waals surface area contributed by atoms with Gasteiger partial charge in [0.1, 0.15) is 11.6 Å². The third-order valence-electron chi connectivity index (χ3n) is 6.21. The molecule has 0 radical (unpaired) electrons. The number of aromatic nitrogens is 1. The number of nitrogens with zero attached hydrogens (tertiary/aromatic N) is 2. The molecule has 1 aromatic heterocycles. The van der Waals surface area contributed by atoms with Crippen LogP contribution in [-0.4, -0.2) is 9.67 Å². The summed E-state index contributed by atoms with van der Waals surface area (Å²) in [6, 6.07) is 21.1. The van der Waals surface area contributed by atoms with Crippen LogP contribution in [-0.2, 0) is 6.42 Å². The third-order valence-corrected chi connectivity index (χ3v) is 7.19. The molecule has 1 N–H and O–H groups in total. The number of fused-ring (bicyclic) bond motifs is 3. The molecule has 6 rings (SSSR count). The Morgan fingerprint density at radius 3 is 2.73 bits per heavy atom. The quantitative estimate of drug-likeness (QED) is 0.495. The number of thiazole rings is 1. The van der Waals surface area contributed by atoms with Crippen molar-refractivity contribution in [2.45, 2.75) is 18.9 Å². The molecule has 3 aromatic carbocycles. The average molecular weight is 455 g/mol. The van der Waals surface area contributed by atoms with Gasteiger partial charge in [0.2, 0.25) is 0 Å². The second-order valence-corrected chi connectivity index (χ2v) is 9.27. The SMILES string of the molecule is O=c1/c(=C/c2cccc(O)c2)sc2n1C(c1cccc(F)c1)C1=C(N=2)c2ccccc2CC1. The van der Waals surface area contributed by atoms with Gasteiger partial charge in [-0.3, -0.25) is 9.36 Å². The Bertz CT molecular complexity index is 1630. The Morgan fingerprint density at radius 1 is 1.03 bits per heavy atom. The fraction of sp³-hybridized carbons (Fsp3) is 0.111. The van der Waals surface area contributed by atoms with Crippen molar-refractivity contribution >= 4 is 23.1 Å². The Hall–Kier alpha value is -3.77. The van der Waals surface area contributed by atoms with E-state index in [4.69, 9.17) is 4.99 Å². The molecule has 0 fully saturated rings. The van der Waals surface area contributed by atoms with E-state index in [2.05, 4.69) is 12.1 Å². The fourth-order valence-corrected chi connectivity index (χ4v) is 5.77. The number of aromatic hydroxyl groups is 1. The van der Waals surface area contributed by atoms with Crippen molar-refractivity contribution in [3.8, 4) is 5.75 Å². The van der Waals surface area contributed by atoms with Crippen molar-refractivity contribution in [1.82, 2.24) is 4.57 Å². The van der Waals surface area contributed by atoms with Gasteiger partial charge in [-0.1, -0.05) is 59.9 Å². The first-order chi connectivity index (χ1) is 16.1. The second kappa shape index (κ2) is 7.67. The number of rotatable bonds is 2. The lowest BCUT2D eigenvalue weighted by Crippen LogP contribution is -2.38. The maximum Gasteiger partial charge on any atom is 0.271 e. The van der Waals surface area contributed by atoms with Gasteiger partial charge in [-0.25, -0.2) is 9.38 Å². The summed E-state index contributed by atoms with van der Waals surface area (Å²) in [6.45, 7) is 0. The van der Waals surface area contributed by atoms with Crippen LogP contribution >= 0.6 is 11.3 Å². The lowest BCUT2D eigenvalue weighted by Gasteiger charge is -2.30. The fourth-order valence-electron chi connectivity index (χ4n) is 4.76. The van der Waals surface area contributed by atoms with Crippen molar-refractivity contribution in [2.24, 2.45) is 4.99 Å². The van der Waals surface area contributed by atoms with Crippen LogP contribution in [0.3, 0.4) is 0 Å². The van der Waals surface area contributed by atoms with Crippen LogP contribution in [0.2, 0.25) is 0 Å². The molecule has 33 heavy (non-hydrogen) atoms. The van der Waals surface area contributed by atoms with Gasteiger partial charge >= 0.3 is 0 Å². The van der Waals surface area contributed by atoms with Crippen molar-refractivity contribution in [3.05, 3.63) is 126 Å². The van der Waals surface area contributed by atoms with E-state index in [0.717, 1.165) is 40.8 Å². The summed E-state index contributed by atoms with van der Waals surface area (Å²) in [6.07, 6.45) is 3.38. The molecule has 2 aliphatic rings. The molecule has 4 nitrogen and oxygen atoms in total. The normalized spacial score (nSPS) is 17.2. The minimum atomic E-state index is -0.411. The van der Waals surface area contributed by atoms with E-state index >= 15 is 0 Å². The number of hydrogen-bond donors (Lipinski definition) is 1. The van der Waals surface area contributed by atoms with Crippen molar-refractivity contribution < 1.29 is 9.50 Å². The number of phenolic OH excluding ortho intramolecular Hbond substituents is 1. The Balaban J connectivity index is 1.64. The molecule has 1 atom stereocenters. The van der Waals surface area contributed by atoms with Gasteiger partial charge in [0.15, 0.2) is 4.80 Å². The van der Waals surface area contributed by atoms with Crippen LogP contribution in [0, 0.1) is 5.82 Å². The average Bonchev–Trinajstić information content (AvgIpc) is 3.12. The molecular formula is C27H19FN2O2S. The summed E-state index contributed by atoms with van der Waals surface area (Å²) < 4.78 is 16.5. The van der Waals surface area contributed by atoms with Crippen LogP contribution in [0.4, 0.5) is 4.39 Å². The molecule has 1 aliphatic carbocycles. The second-order valence-electron chi connectivity index (χ2n) is 8.26. The largest absolute Gasteiger partial charge is 0.508 e. The van der Waals surface area contributed by atoms with Gasteiger partial charge in [-0.05, 0) is 65.4 Å². The van der Waals surface area contributed by atoms with Crippen LogP contribution < -0.4 is 14.9 Å². The van der Waals surface area contributed by atoms with E-state index in [0.29, 0.717) is 9.33 Å². The first-order valence-electron chi connectivity index (χ1n) is 10.8. The Kier molecular flexibility index (Phi) is 4.62. The van der Waals surface area contributed by atoms with E-state index < -0.39 is 6.04 Å². The van der Waals surface area contributed by atoms with Gasteiger partial charge in [0, 0.05) is 5.56 Å². The molecule has 0 bridgehead atoms. The van der Waals surface area contributed by atoms with Gasteiger partial charge < -0.3 is 5.11 Å². The van der Waals surface area contributed by atoms with Crippen LogP contribution in [0.5, 0.6) is 5.75 Å². The first kappa shape index (κ1) is 19.9. The van der Waals surface area contributed by atoms with E-state index in [-0.39, 0.29) is 17.1 Å². The smallest absolute Gasteiger partial charge is 0.271 e. The molecule has 162 valence electrons. The zero-order valence-corrected chi connectivity index (χ0v) is 18.3. The molecule has 0 saturated carbocycles. The van der Waals surface area contributed by atoms with Crippen LogP contribution in [0.1, 0.15) is 34.7 Å². The lowest BCUT2D eigenvalue weighted by atomic mass is 9.83.